The van der Waals surface area contributed by atoms with E-state index in [2.05, 4.69) is 0 Å². The fourth-order valence-corrected chi connectivity index (χ4v) is 2.30. The Morgan fingerprint density at radius 2 is 1.94 bits per heavy atom. The number of ether oxygens (including phenoxy) is 1. The van der Waals surface area contributed by atoms with Crippen LogP contribution in [0.5, 0.6) is 0 Å². The molecule has 2 amide bonds. The molecule has 0 aromatic carbocycles. The Hall–Kier alpha value is -1.50. The van der Waals surface area contributed by atoms with Crippen LogP contribution in [-0.2, 0) is 4.74 Å². The molecule has 2 heterocycles. The summed E-state index contributed by atoms with van der Waals surface area (Å²) in [5.41, 5.74) is 0. The van der Waals surface area contributed by atoms with E-state index in [-0.39, 0.29) is 18.7 Å². The molecule has 0 spiro atoms. The first kappa shape index (κ1) is 11.0. The highest BCUT2D eigenvalue weighted by atomic mass is 16.5. The van der Waals surface area contributed by atoms with Gasteiger partial charge in [0, 0.05) is 13.1 Å². The first-order valence-electron chi connectivity index (χ1n) is 5.18. The lowest BCUT2D eigenvalue weighted by Crippen LogP contribution is -2.61. The van der Waals surface area contributed by atoms with Crippen LogP contribution in [0, 0.1) is 0 Å². The van der Waals surface area contributed by atoms with Gasteiger partial charge in [-0.05, 0) is 6.42 Å². The quantitative estimate of drug-likeness (QED) is 0.616. The lowest BCUT2D eigenvalue weighted by molar-refractivity contribution is -0.0899. The third kappa shape index (κ3) is 1.90. The zero-order valence-electron chi connectivity index (χ0n) is 8.70. The fourth-order valence-electron chi connectivity index (χ4n) is 2.30. The summed E-state index contributed by atoms with van der Waals surface area (Å²) in [5, 5.41) is 17.8. The maximum Gasteiger partial charge on any atom is 0.407 e. The van der Waals surface area contributed by atoms with Crippen molar-refractivity contribution in [3.8, 4) is 0 Å². The molecular weight excluding hydrogens is 216 g/mol. The van der Waals surface area contributed by atoms with Gasteiger partial charge in [0.15, 0.2) is 0 Å². The Labute approximate surface area is 92.2 Å². The van der Waals surface area contributed by atoms with E-state index in [4.69, 9.17) is 14.9 Å². The van der Waals surface area contributed by atoms with Gasteiger partial charge in [-0.25, -0.2) is 9.59 Å². The molecule has 16 heavy (non-hydrogen) atoms. The average Bonchev–Trinajstić information content (AvgIpc) is 2.27. The van der Waals surface area contributed by atoms with Crippen molar-refractivity contribution < 1.29 is 24.5 Å². The number of nitrogens with zero attached hydrogens (tertiary/aromatic N) is 2. The molecule has 2 saturated heterocycles. The van der Waals surface area contributed by atoms with Gasteiger partial charge < -0.3 is 24.7 Å². The van der Waals surface area contributed by atoms with Gasteiger partial charge in [0.2, 0.25) is 0 Å². The second-order valence-electron chi connectivity index (χ2n) is 3.97. The van der Waals surface area contributed by atoms with Crippen molar-refractivity contribution in [2.24, 2.45) is 0 Å². The van der Waals surface area contributed by atoms with Crippen molar-refractivity contribution in [2.75, 3.05) is 26.2 Å². The molecule has 2 rings (SSSR count). The number of rotatable bonds is 0. The SMILES string of the molecule is O=C(O)N1CC[C@H]2[C@H](C1)OCCN2C(=O)O. The van der Waals surface area contributed by atoms with E-state index in [9.17, 15) is 9.59 Å². The van der Waals surface area contributed by atoms with E-state index in [1.807, 2.05) is 0 Å². The lowest BCUT2D eigenvalue weighted by Gasteiger charge is -2.44. The van der Waals surface area contributed by atoms with Crippen molar-refractivity contribution in [2.45, 2.75) is 18.6 Å². The van der Waals surface area contributed by atoms with Crippen LogP contribution >= 0.6 is 0 Å². The predicted molar refractivity (Wildman–Crippen MR) is 52.5 cm³/mol. The van der Waals surface area contributed by atoms with Crippen LogP contribution in [0.25, 0.3) is 0 Å². The molecule has 0 bridgehead atoms. The minimum Gasteiger partial charge on any atom is -0.465 e. The van der Waals surface area contributed by atoms with Crippen LogP contribution in [0.1, 0.15) is 6.42 Å². The second-order valence-corrected chi connectivity index (χ2v) is 3.97. The number of hydrogen-bond acceptors (Lipinski definition) is 3. The Balaban J connectivity index is 2.05. The topological polar surface area (TPSA) is 90.3 Å². The minimum atomic E-state index is -0.977. The molecule has 0 aromatic rings. The smallest absolute Gasteiger partial charge is 0.407 e. The minimum absolute atomic E-state index is 0.207. The molecule has 0 aromatic heterocycles. The highest BCUT2D eigenvalue weighted by molar-refractivity contribution is 5.67. The van der Waals surface area contributed by atoms with Gasteiger partial charge in [-0.1, -0.05) is 0 Å². The molecule has 2 aliphatic rings. The predicted octanol–water partition coefficient (Wildman–Crippen LogP) is 0.117. The maximum atomic E-state index is 11.0. The third-order valence-electron chi connectivity index (χ3n) is 3.10. The summed E-state index contributed by atoms with van der Waals surface area (Å²) < 4.78 is 5.43. The molecule has 7 nitrogen and oxygen atoms in total. The third-order valence-corrected chi connectivity index (χ3v) is 3.10. The highest BCUT2D eigenvalue weighted by Crippen LogP contribution is 2.23. The summed E-state index contributed by atoms with van der Waals surface area (Å²) in [7, 11) is 0. The van der Waals surface area contributed by atoms with Crippen LogP contribution in [0.4, 0.5) is 9.59 Å². The van der Waals surface area contributed by atoms with Crippen molar-refractivity contribution >= 4 is 12.2 Å². The molecule has 0 unspecified atom stereocenters. The first-order valence-corrected chi connectivity index (χ1v) is 5.18. The molecule has 2 N–H and O–H groups in total. The molecule has 2 fully saturated rings. The Kier molecular flexibility index (Phi) is 2.86. The standard InChI is InChI=1S/C9H14N2O5/c12-8(13)10-2-1-6-7(5-10)16-4-3-11(6)9(14)15/h6-7H,1-5H2,(H,12,13)(H,14,15)/t6-,7-/m0/s1. The summed E-state index contributed by atoms with van der Waals surface area (Å²) in [6.45, 7) is 1.32. The van der Waals surface area contributed by atoms with Gasteiger partial charge in [-0.3, -0.25) is 0 Å². The van der Waals surface area contributed by atoms with Gasteiger partial charge in [0.25, 0.3) is 0 Å². The first-order chi connectivity index (χ1) is 7.59. The number of hydrogen-bond donors (Lipinski definition) is 2. The Morgan fingerprint density at radius 1 is 1.19 bits per heavy atom. The van der Waals surface area contributed by atoms with Gasteiger partial charge in [-0.15, -0.1) is 0 Å². The van der Waals surface area contributed by atoms with E-state index in [1.165, 1.54) is 9.80 Å². The van der Waals surface area contributed by atoms with Crippen LogP contribution in [0.3, 0.4) is 0 Å². The van der Waals surface area contributed by atoms with E-state index < -0.39 is 12.2 Å². The lowest BCUT2D eigenvalue weighted by atomic mass is 9.99. The van der Waals surface area contributed by atoms with E-state index in [0.29, 0.717) is 26.1 Å². The van der Waals surface area contributed by atoms with E-state index in [1.54, 1.807) is 0 Å². The molecular formula is C9H14N2O5. The maximum absolute atomic E-state index is 11.0. The second kappa shape index (κ2) is 4.17. The molecule has 0 saturated carbocycles. The van der Waals surface area contributed by atoms with Gasteiger partial charge in [0.05, 0.1) is 25.3 Å². The number of piperidine rings is 1. The molecule has 0 aliphatic carbocycles. The van der Waals surface area contributed by atoms with Gasteiger partial charge in [-0.2, -0.15) is 0 Å². The zero-order valence-corrected chi connectivity index (χ0v) is 8.70. The van der Waals surface area contributed by atoms with Crippen LogP contribution < -0.4 is 0 Å². The van der Waals surface area contributed by atoms with Crippen LogP contribution in [0.15, 0.2) is 0 Å². The van der Waals surface area contributed by atoms with Crippen molar-refractivity contribution in [3.63, 3.8) is 0 Å². The molecule has 7 heteroatoms. The number of amides is 2. The summed E-state index contributed by atoms with van der Waals surface area (Å²) in [4.78, 5) is 24.4. The largest absolute Gasteiger partial charge is 0.465 e. The molecule has 0 radical (unpaired) electrons. The number of likely N-dealkylation sites (tertiary alicyclic amines) is 1. The van der Waals surface area contributed by atoms with Crippen LogP contribution in [-0.4, -0.2) is 70.6 Å². The van der Waals surface area contributed by atoms with Gasteiger partial charge in [0.1, 0.15) is 0 Å². The Bertz CT molecular complexity index is 308. The summed E-state index contributed by atoms with van der Waals surface area (Å²) in [6, 6.07) is -0.207. The normalized spacial score (nSPS) is 29.8. The number of morpholine rings is 1. The number of carbonyl (C=O) groups is 2. The van der Waals surface area contributed by atoms with Crippen molar-refractivity contribution in [1.82, 2.24) is 9.80 Å². The van der Waals surface area contributed by atoms with Gasteiger partial charge >= 0.3 is 12.2 Å². The van der Waals surface area contributed by atoms with Crippen molar-refractivity contribution in [3.05, 3.63) is 0 Å². The number of fused-ring (bicyclic) bond motifs is 1. The summed E-state index contributed by atoms with van der Waals surface area (Å²) in [6.07, 6.45) is -1.75. The highest BCUT2D eigenvalue weighted by Gasteiger charge is 2.40. The van der Waals surface area contributed by atoms with E-state index >= 15 is 0 Å². The summed E-state index contributed by atoms with van der Waals surface area (Å²) >= 11 is 0. The zero-order chi connectivity index (χ0) is 11.7. The molecule has 2 aliphatic heterocycles. The van der Waals surface area contributed by atoms with E-state index in [0.717, 1.165) is 0 Å². The number of carboxylic acid groups (broad SMARTS) is 2. The molecule has 2 atom stereocenters. The average molecular weight is 230 g/mol. The Morgan fingerprint density at radius 3 is 2.56 bits per heavy atom. The molecule has 90 valence electrons. The monoisotopic (exact) mass is 230 g/mol. The van der Waals surface area contributed by atoms with Crippen molar-refractivity contribution in [1.29, 1.82) is 0 Å². The van der Waals surface area contributed by atoms with Crippen LogP contribution in [0.2, 0.25) is 0 Å². The fraction of sp³-hybridized carbons (Fsp3) is 0.778. The summed E-state index contributed by atoms with van der Waals surface area (Å²) in [5.74, 6) is 0.